The Bertz CT molecular complexity index is 385. The molecule has 0 atom stereocenters. The predicted octanol–water partition coefficient (Wildman–Crippen LogP) is 2.96. The smallest absolute Gasteiger partial charge is 0.407 e. The molecule has 1 rings (SSSR count). The molecular formula is C18H34N2O4. The summed E-state index contributed by atoms with van der Waals surface area (Å²) in [7, 11) is 1.44. The Kier molecular flexibility index (Phi) is 9.11. The van der Waals surface area contributed by atoms with E-state index in [1.54, 1.807) is 0 Å². The predicted molar refractivity (Wildman–Crippen MR) is 93.9 cm³/mol. The molecular weight excluding hydrogens is 308 g/mol. The van der Waals surface area contributed by atoms with Crippen LogP contribution in [0.4, 0.5) is 4.79 Å². The molecule has 0 spiro atoms. The van der Waals surface area contributed by atoms with Gasteiger partial charge in [0.15, 0.2) is 0 Å². The third kappa shape index (κ3) is 9.75. The summed E-state index contributed by atoms with van der Waals surface area (Å²) in [4.78, 5) is 25.1. The zero-order chi connectivity index (χ0) is 18.0. The minimum atomic E-state index is -0.445. The minimum Gasteiger partial charge on any atom is -0.469 e. The Morgan fingerprint density at radius 1 is 1.17 bits per heavy atom. The number of ether oxygens (including phenoxy) is 2. The number of esters is 1. The summed E-state index contributed by atoms with van der Waals surface area (Å²) in [5.74, 6) is 0.621. The van der Waals surface area contributed by atoms with Crippen molar-refractivity contribution >= 4 is 12.1 Å². The Balaban J connectivity index is 2.04. The fraction of sp³-hybridized carbons (Fsp3) is 0.889. The van der Waals surface area contributed by atoms with E-state index in [0.29, 0.717) is 13.0 Å². The molecule has 1 amide bonds. The molecule has 1 heterocycles. The number of hydrogen-bond acceptors (Lipinski definition) is 5. The largest absolute Gasteiger partial charge is 0.469 e. The topological polar surface area (TPSA) is 67.9 Å². The maximum absolute atomic E-state index is 11.5. The van der Waals surface area contributed by atoms with Crippen molar-refractivity contribution in [2.75, 3.05) is 33.3 Å². The van der Waals surface area contributed by atoms with Crippen molar-refractivity contribution in [2.45, 2.75) is 64.9 Å². The number of amides is 1. The molecule has 1 fully saturated rings. The number of carbonyl (C=O) groups is 2. The van der Waals surface area contributed by atoms with Crippen LogP contribution in [0.5, 0.6) is 0 Å². The van der Waals surface area contributed by atoms with Gasteiger partial charge in [0.25, 0.3) is 0 Å². The quantitative estimate of drug-likeness (QED) is 0.542. The van der Waals surface area contributed by atoms with Gasteiger partial charge in [0, 0.05) is 13.0 Å². The Morgan fingerprint density at radius 3 is 2.42 bits per heavy atom. The average molecular weight is 342 g/mol. The number of hydrogen-bond donors (Lipinski definition) is 1. The molecule has 0 unspecified atom stereocenters. The Hall–Kier alpha value is -1.30. The molecule has 1 N–H and O–H groups in total. The van der Waals surface area contributed by atoms with E-state index >= 15 is 0 Å². The molecule has 1 aliphatic heterocycles. The van der Waals surface area contributed by atoms with Crippen molar-refractivity contribution in [3.8, 4) is 0 Å². The van der Waals surface area contributed by atoms with Gasteiger partial charge < -0.3 is 19.7 Å². The highest BCUT2D eigenvalue weighted by Crippen LogP contribution is 2.22. The summed E-state index contributed by atoms with van der Waals surface area (Å²) in [6.45, 7) is 9.45. The molecule has 0 saturated carbocycles. The molecule has 1 aliphatic rings. The lowest BCUT2D eigenvalue weighted by molar-refractivity contribution is -0.140. The van der Waals surface area contributed by atoms with Crippen molar-refractivity contribution in [2.24, 2.45) is 5.92 Å². The maximum atomic E-state index is 11.5. The van der Waals surface area contributed by atoms with Gasteiger partial charge >= 0.3 is 12.1 Å². The van der Waals surface area contributed by atoms with E-state index in [2.05, 4.69) is 15.0 Å². The zero-order valence-electron chi connectivity index (χ0n) is 15.7. The number of nitrogens with zero attached hydrogens (tertiary/aromatic N) is 1. The third-order valence-corrected chi connectivity index (χ3v) is 4.25. The van der Waals surface area contributed by atoms with Crippen molar-refractivity contribution < 1.29 is 19.1 Å². The van der Waals surface area contributed by atoms with Crippen LogP contribution in [0.3, 0.4) is 0 Å². The highest BCUT2D eigenvalue weighted by molar-refractivity contribution is 5.69. The van der Waals surface area contributed by atoms with Crippen LogP contribution in [0.1, 0.15) is 59.3 Å². The van der Waals surface area contributed by atoms with Crippen LogP contribution >= 0.6 is 0 Å². The second-order valence-electron chi connectivity index (χ2n) is 7.54. The van der Waals surface area contributed by atoms with E-state index in [-0.39, 0.29) is 12.1 Å². The average Bonchev–Trinajstić information content (AvgIpc) is 2.51. The molecule has 0 aliphatic carbocycles. The molecule has 24 heavy (non-hydrogen) atoms. The van der Waals surface area contributed by atoms with E-state index in [1.807, 2.05) is 20.8 Å². The van der Waals surface area contributed by atoms with Crippen molar-refractivity contribution in [3.05, 3.63) is 0 Å². The van der Waals surface area contributed by atoms with Crippen LogP contribution in [0.2, 0.25) is 0 Å². The summed E-state index contributed by atoms with van der Waals surface area (Å²) in [6, 6.07) is 0. The summed E-state index contributed by atoms with van der Waals surface area (Å²) in [5.41, 5.74) is -0.445. The number of nitrogens with one attached hydrogen (secondary N) is 1. The van der Waals surface area contributed by atoms with E-state index in [4.69, 9.17) is 4.74 Å². The standard InChI is InChI=1S/C18H34N2O4/c1-18(2,3)24-17(22)19-11-6-12-20-13-9-15(10-14-20)7-5-8-16(21)23-4/h15H,5-14H2,1-4H3,(H,19,22). The molecule has 0 radical (unpaired) electrons. The van der Waals surface area contributed by atoms with E-state index < -0.39 is 5.60 Å². The van der Waals surface area contributed by atoms with Crippen molar-refractivity contribution in [3.63, 3.8) is 0 Å². The van der Waals surface area contributed by atoms with Gasteiger partial charge in [0.1, 0.15) is 5.60 Å². The van der Waals surface area contributed by atoms with Gasteiger partial charge in [0.2, 0.25) is 0 Å². The number of alkyl carbamates (subject to hydrolysis) is 1. The molecule has 0 aromatic heterocycles. The summed E-state index contributed by atoms with van der Waals surface area (Å²) in [6.07, 6.45) is 5.56. The van der Waals surface area contributed by atoms with Gasteiger partial charge in [-0.25, -0.2) is 4.79 Å². The van der Waals surface area contributed by atoms with Crippen LogP contribution in [0, 0.1) is 5.92 Å². The van der Waals surface area contributed by atoms with Crippen LogP contribution in [-0.4, -0.2) is 55.9 Å². The molecule has 6 heteroatoms. The second-order valence-corrected chi connectivity index (χ2v) is 7.54. The summed E-state index contributed by atoms with van der Waals surface area (Å²) in [5, 5.41) is 2.80. The molecule has 0 aromatic rings. The first-order chi connectivity index (χ1) is 11.3. The van der Waals surface area contributed by atoms with Crippen molar-refractivity contribution in [1.29, 1.82) is 0 Å². The van der Waals surface area contributed by atoms with Gasteiger partial charge in [-0.2, -0.15) is 0 Å². The highest BCUT2D eigenvalue weighted by Gasteiger charge is 2.19. The highest BCUT2D eigenvalue weighted by atomic mass is 16.6. The number of likely N-dealkylation sites (tertiary alicyclic amines) is 1. The minimum absolute atomic E-state index is 0.107. The van der Waals surface area contributed by atoms with Crippen molar-refractivity contribution in [1.82, 2.24) is 10.2 Å². The first-order valence-electron chi connectivity index (χ1n) is 9.06. The second kappa shape index (κ2) is 10.5. The van der Waals surface area contributed by atoms with Gasteiger partial charge in [-0.3, -0.25) is 4.79 Å². The number of carbonyl (C=O) groups excluding carboxylic acids is 2. The zero-order valence-corrected chi connectivity index (χ0v) is 15.7. The lowest BCUT2D eigenvalue weighted by atomic mass is 9.91. The number of piperidine rings is 1. The lowest BCUT2D eigenvalue weighted by Gasteiger charge is -2.32. The SMILES string of the molecule is COC(=O)CCCC1CCN(CCCNC(=O)OC(C)(C)C)CC1. The van der Waals surface area contributed by atoms with E-state index in [1.165, 1.54) is 20.0 Å². The normalized spacial score (nSPS) is 16.7. The third-order valence-electron chi connectivity index (χ3n) is 4.25. The van der Waals surface area contributed by atoms with Crippen LogP contribution < -0.4 is 5.32 Å². The number of methoxy groups -OCH3 is 1. The summed E-state index contributed by atoms with van der Waals surface area (Å²) >= 11 is 0. The summed E-state index contributed by atoms with van der Waals surface area (Å²) < 4.78 is 9.88. The van der Waals surface area contributed by atoms with E-state index in [0.717, 1.165) is 44.8 Å². The van der Waals surface area contributed by atoms with Crippen LogP contribution in [0.15, 0.2) is 0 Å². The Labute approximate surface area is 146 Å². The molecule has 0 bridgehead atoms. The fourth-order valence-corrected chi connectivity index (χ4v) is 2.94. The van der Waals surface area contributed by atoms with Gasteiger partial charge in [0.05, 0.1) is 7.11 Å². The van der Waals surface area contributed by atoms with Crippen LogP contribution in [0.25, 0.3) is 0 Å². The molecule has 0 aromatic carbocycles. The van der Waals surface area contributed by atoms with Gasteiger partial charge in [-0.1, -0.05) is 0 Å². The first-order valence-corrected chi connectivity index (χ1v) is 9.06. The lowest BCUT2D eigenvalue weighted by Crippen LogP contribution is -2.37. The Morgan fingerprint density at radius 2 is 1.83 bits per heavy atom. The molecule has 140 valence electrons. The monoisotopic (exact) mass is 342 g/mol. The first kappa shape index (κ1) is 20.7. The maximum Gasteiger partial charge on any atom is 0.407 e. The van der Waals surface area contributed by atoms with Crippen LogP contribution in [-0.2, 0) is 14.3 Å². The van der Waals surface area contributed by atoms with Gasteiger partial charge in [-0.05, 0) is 78.4 Å². The molecule has 1 saturated heterocycles. The fourth-order valence-electron chi connectivity index (χ4n) is 2.94. The molecule has 6 nitrogen and oxygen atoms in total. The number of rotatable bonds is 8. The van der Waals surface area contributed by atoms with Gasteiger partial charge in [-0.15, -0.1) is 0 Å². The van der Waals surface area contributed by atoms with E-state index in [9.17, 15) is 9.59 Å².